The Hall–Kier alpha value is -0.630. The Morgan fingerprint density at radius 1 is 1.44 bits per heavy atom. The van der Waals surface area contributed by atoms with Crippen LogP contribution in [0.25, 0.3) is 0 Å². The molecular weight excluding hydrogens is 226 g/mol. The van der Waals surface area contributed by atoms with E-state index in [1.807, 2.05) is 0 Å². The Morgan fingerprint density at radius 3 is 2.72 bits per heavy atom. The largest absolute Gasteiger partial charge is 0.380 e. The van der Waals surface area contributed by atoms with Crippen LogP contribution in [0.4, 0.5) is 0 Å². The molecule has 1 aliphatic heterocycles. The number of hydrogen-bond acceptors (Lipinski definition) is 4. The Morgan fingerprint density at radius 2 is 2.22 bits per heavy atom. The quantitative estimate of drug-likeness (QED) is 0.742. The van der Waals surface area contributed by atoms with Crippen LogP contribution in [0.2, 0.25) is 0 Å². The fraction of sp³-hybridized carbons (Fsp3) is 0.929. The van der Waals surface area contributed by atoms with Gasteiger partial charge in [0.15, 0.2) is 0 Å². The third-order valence-corrected chi connectivity index (χ3v) is 4.20. The predicted molar refractivity (Wildman–Crippen MR) is 71.2 cm³/mol. The molecule has 4 heteroatoms. The lowest BCUT2D eigenvalue weighted by atomic mass is 9.94. The van der Waals surface area contributed by atoms with Gasteiger partial charge >= 0.3 is 0 Å². The lowest BCUT2D eigenvalue weighted by Crippen LogP contribution is -2.54. The molecule has 18 heavy (non-hydrogen) atoms. The summed E-state index contributed by atoms with van der Waals surface area (Å²) in [5.74, 6) is 0.552. The number of rotatable bonds is 7. The van der Waals surface area contributed by atoms with Gasteiger partial charge in [0.05, 0.1) is 12.2 Å². The standard InChI is InChI=1S/C14H25N3O/c1-3-7-16-14(10-15,12-4-5-12)11-17-8-6-13(9-17)18-2/h12-13,16H,3-9,11H2,1-2H3. The normalized spacial score (nSPS) is 27.9. The summed E-state index contributed by atoms with van der Waals surface area (Å²) >= 11 is 0. The first kappa shape index (κ1) is 13.8. The highest BCUT2D eigenvalue weighted by Crippen LogP contribution is 2.40. The highest BCUT2D eigenvalue weighted by molar-refractivity contribution is 5.17. The van der Waals surface area contributed by atoms with Gasteiger partial charge in [-0.3, -0.25) is 10.2 Å². The van der Waals surface area contributed by atoms with E-state index in [2.05, 4.69) is 23.2 Å². The van der Waals surface area contributed by atoms with Gasteiger partial charge in [-0.1, -0.05) is 6.92 Å². The van der Waals surface area contributed by atoms with E-state index in [9.17, 15) is 5.26 Å². The van der Waals surface area contributed by atoms with Gasteiger partial charge in [0.2, 0.25) is 0 Å². The van der Waals surface area contributed by atoms with Crippen molar-refractivity contribution >= 4 is 0 Å². The van der Waals surface area contributed by atoms with Crippen LogP contribution in [-0.2, 0) is 4.74 Å². The second-order valence-corrected chi connectivity index (χ2v) is 5.67. The fourth-order valence-electron chi connectivity index (χ4n) is 2.91. The molecule has 0 amide bonds. The van der Waals surface area contributed by atoms with Crippen LogP contribution < -0.4 is 5.32 Å². The molecule has 0 bridgehead atoms. The van der Waals surface area contributed by atoms with Crippen LogP contribution in [0.5, 0.6) is 0 Å². The maximum Gasteiger partial charge on any atom is 0.122 e. The molecule has 1 heterocycles. The third-order valence-electron chi connectivity index (χ3n) is 4.20. The van der Waals surface area contributed by atoms with Gasteiger partial charge in [0.1, 0.15) is 5.54 Å². The average molecular weight is 251 g/mol. The van der Waals surface area contributed by atoms with Crippen LogP contribution in [0, 0.1) is 17.2 Å². The molecule has 102 valence electrons. The van der Waals surface area contributed by atoms with Crippen molar-refractivity contribution in [3.8, 4) is 6.07 Å². The summed E-state index contributed by atoms with van der Waals surface area (Å²) in [5.41, 5.74) is -0.321. The van der Waals surface area contributed by atoms with E-state index in [1.165, 1.54) is 12.8 Å². The summed E-state index contributed by atoms with van der Waals surface area (Å²) in [6, 6.07) is 2.58. The van der Waals surface area contributed by atoms with Crippen LogP contribution in [0.1, 0.15) is 32.6 Å². The summed E-state index contributed by atoms with van der Waals surface area (Å²) in [7, 11) is 1.78. The van der Waals surface area contributed by atoms with Crippen molar-refractivity contribution in [2.45, 2.75) is 44.2 Å². The van der Waals surface area contributed by atoms with Gasteiger partial charge in [-0.25, -0.2) is 0 Å². The highest BCUT2D eigenvalue weighted by Gasteiger charge is 2.47. The Balaban J connectivity index is 1.95. The smallest absolute Gasteiger partial charge is 0.122 e. The summed E-state index contributed by atoms with van der Waals surface area (Å²) in [6.07, 6.45) is 4.93. The minimum Gasteiger partial charge on any atom is -0.380 e. The van der Waals surface area contributed by atoms with Gasteiger partial charge in [-0.15, -0.1) is 0 Å². The van der Waals surface area contributed by atoms with Crippen molar-refractivity contribution in [2.24, 2.45) is 5.92 Å². The average Bonchev–Trinajstić information content (AvgIpc) is 3.16. The van der Waals surface area contributed by atoms with Crippen molar-refractivity contribution in [3.63, 3.8) is 0 Å². The lowest BCUT2D eigenvalue weighted by molar-refractivity contribution is 0.103. The second-order valence-electron chi connectivity index (χ2n) is 5.67. The molecule has 1 N–H and O–H groups in total. The maximum absolute atomic E-state index is 9.63. The number of nitriles is 1. The molecule has 1 saturated carbocycles. The fourth-order valence-corrected chi connectivity index (χ4v) is 2.91. The summed E-state index contributed by atoms with van der Waals surface area (Å²) in [5, 5.41) is 13.1. The predicted octanol–water partition coefficient (Wildman–Crippen LogP) is 1.38. The lowest BCUT2D eigenvalue weighted by Gasteiger charge is -2.32. The molecule has 2 fully saturated rings. The van der Waals surface area contributed by atoms with E-state index in [4.69, 9.17) is 4.74 Å². The monoisotopic (exact) mass is 251 g/mol. The van der Waals surface area contributed by atoms with E-state index >= 15 is 0 Å². The molecule has 1 saturated heterocycles. The van der Waals surface area contributed by atoms with Crippen molar-refractivity contribution in [1.29, 1.82) is 5.26 Å². The van der Waals surface area contributed by atoms with Gasteiger partial charge in [-0.05, 0) is 38.1 Å². The SMILES string of the molecule is CCCNC(C#N)(CN1CCC(OC)C1)C1CC1. The van der Waals surface area contributed by atoms with Crippen LogP contribution >= 0.6 is 0 Å². The van der Waals surface area contributed by atoms with Crippen LogP contribution in [0.3, 0.4) is 0 Å². The third kappa shape index (κ3) is 3.03. The maximum atomic E-state index is 9.63. The first-order chi connectivity index (χ1) is 8.74. The van der Waals surface area contributed by atoms with Crippen molar-refractivity contribution < 1.29 is 4.74 Å². The van der Waals surface area contributed by atoms with Crippen LogP contribution in [-0.4, -0.2) is 49.8 Å². The zero-order chi connectivity index (χ0) is 13.0. The molecule has 2 atom stereocenters. The molecule has 0 aromatic carbocycles. The molecule has 0 radical (unpaired) electrons. The van der Waals surface area contributed by atoms with Gasteiger partial charge in [0.25, 0.3) is 0 Å². The Labute approximate surface area is 110 Å². The molecule has 0 spiro atoms. The van der Waals surface area contributed by atoms with Gasteiger partial charge in [-0.2, -0.15) is 5.26 Å². The van der Waals surface area contributed by atoms with E-state index in [0.717, 1.165) is 39.0 Å². The van der Waals surface area contributed by atoms with E-state index in [1.54, 1.807) is 7.11 Å². The minimum atomic E-state index is -0.321. The zero-order valence-electron chi connectivity index (χ0n) is 11.6. The first-order valence-corrected chi connectivity index (χ1v) is 7.15. The summed E-state index contributed by atoms with van der Waals surface area (Å²) < 4.78 is 5.40. The van der Waals surface area contributed by atoms with Crippen LogP contribution in [0.15, 0.2) is 0 Å². The summed E-state index contributed by atoms with van der Waals surface area (Å²) in [6.45, 7) is 5.97. The Kier molecular flexibility index (Phi) is 4.60. The molecule has 0 aromatic rings. The highest BCUT2D eigenvalue weighted by atomic mass is 16.5. The number of methoxy groups -OCH3 is 1. The molecule has 4 nitrogen and oxygen atoms in total. The minimum absolute atomic E-state index is 0.321. The van der Waals surface area contributed by atoms with Gasteiger partial charge < -0.3 is 4.74 Å². The zero-order valence-corrected chi connectivity index (χ0v) is 11.6. The van der Waals surface area contributed by atoms with Crippen molar-refractivity contribution in [3.05, 3.63) is 0 Å². The van der Waals surface area contributed by atoms with Gasteiger partial charge in [0, 0.05) is 26.7 Å². The molecule has 1 aliphatic carbocycles. The number of nitrogens with one attached hydrogen (secondary N) is 1. The number of ether oxygens (including phenoxy) is 1. The summed E-state index contributed by atoms with van der Waals surface area (Å²) in [4.78, 5) is 2.39. The molecule has 2 unspecified atom stereocenters. The first-order valence-electron chi connectivity index (χ1n) is 7.15. The van der Waals surface area contributed by atoms with E-state index in [0.29, 0.717) is 12.0 Å². The molecule has 2 aliphatic rings. The number of hydrogen-bond donors (Lipinski definition) is 1. The molecule has 2 rings (SSSR count). The van der Waals surface area contributed by atoms with E-state index < -0.39 is 0 Å². The second kappa shape index (κ2) is 6.01. The van der Waals surface area contributed by atoms with Crippen molar-refractivity contribution in [2.75, 3.05) is 33.3 Å². The van der Waals surface area contributed by atoms with E-state index in [-0.39, 0.29) is 5.54 Å². The molecular formula is C14H25N3O. The molecule has 0 aromatic heterocycles. The topological polar surface area (TPSA) is 48.3 Å². The number of likely N-dealkylation sites (tertiary alicyclic amines) is 1. The Bertz CT molecular complexity index is 311. The number of nitrogens with zero attached hydrogens (tertiary/aromatic N) is 2. The van der Waals surface area contributed by atoms with Crippen molar-refractivity contribution in [1.82, 2.24) is 10.2 Å².